The van der Waals surface area contributed by atoms with Crippen molar-refractivity contribution in [3.63, 3.8) is 0 Å². The van der Waals surface area contributed by atoms with Gasteiger partial charge in [0.2, 0.25) is 0 Å². The first-order chi connectivity index (χ1) is 9.16. The number of hydrogen-bond acceptors (Lipinski definition) is 2. The zero-order chi connectivity index (χ0) is 13.4. The van der Waals surface area contributed by atoms with Crippen LogP contribution in [0.2, 0.25) is 0 Å². The molecule has 0 saturated heterocycles. The van der Waals surface area contributed by atoms with Crippen LogP contribution in [0.5, 0.6) is 0 Å². The van der Waals surface area contributed by atoms with Crippen molar-refractivity contribution in [2.75, 3.05) is 5.73 Å². The van der Waals surface area contributed by atoms with Gasteiger partial charge in [-0.3, -0.25) is 9.89 Å². The van der Waals surface area contributed by atoms with Gasteiger partial charge in [-0.25, -0.2) is 4.68 Å². The van der Waals surface area contributed by atoms with Crippen LogP contribution < -0.4 is 11.3 Å². The number of aryl methyl sites for hydroxylation is 1. The minimum Gasteiger partial charge on any atom is -0.384 e. The average molecular weight is 257 g/mol. The minimum atomic E-state index is -0.0709. The van der Waals surface area contributed by atoms with Crippen LogP contribution in [0.15, 0.2) is 29.1 Å². The molecule has 4 heteroatoms. The number of aromatic nitrogens is 2. The first kappa shape index (κ1) is 12.1. The molecule has 0 radical (unpaired) electrons. The molecule has 1 atom stereocenters. The topological polar surface area (TPSA) is 63.8 Å². The fourth-order valence-electron chi connectivity index (χ4n) is 3.06. The van der Waals surface area contributed by atoms with E-state index in [1.165, 1.54) is 35.6 Å². The van der Waals surface area contributed by atoms with Crippen LogP contribution in [-0.4, -0.2) is 9.78 Å². The Morgan fingerprint density at radius 1 is 1.32 bits per heavy atom. The third kappa shape index (κ3) is 2.07. The number of aromatic amines is 1. The lowest BCUT2D eigenvalue weighted by molar-refractivity contribution is 0.539. The molecule has 0 spiro atoms. The standard InChI is InChI=1S/C15H19N3O/c1-10(18-15(19)9-14(16)17-18)12-8-4-6-11-5-2-3-7-13(11)12/h4,6,8-10,17H,2-3,5,7,16H2,1H3. The molecular weight excluding hydrogens is 238 g/mol. The molecule has 3 rings (SSSR count). The van der Waals surface area contributed by atoms with E-state index in [1.807, 2.05) is 6.92 Å². The van der Waals surface area contributed by atoms with Gasteiger partial charge in [0.05, 0.1) is 6.04 Å². The van der Waals surface area contributed by atoms with E-state index < -0.39 is 0 Å². The summed E-state index contributed by atoms with van der Waals surface area (Å²) in [6, 6.07) is 7.85. The Morgan fingerprint density at radius 2 is 2.11 bits per heavy atom. The monoisotopic (exact) mass is 257 g/mol. The SMILES string of the molecule is CC(c1cccc2c1CCCC2)n1[nH]c(N)cc1=O. The second kappa shape index (κ2) is 4.61. The molecule has 1 aromatic heterocycles. The van der Waals surface area contributed by atoms with E-state index in [9.17, 15) is 4.79 Å². The molecule has 1 unspecified atom stereocenters. The normalized spacial score (nSPS) is 16.1. The number of nitrogens with two attached hydrogens (primary N) is 1. The van der Waals surface area contributed by atoms with Gasteiger partial charge in [0.15, 0.2) is 0 Å². The van der Waals surface area contributed by atoms with Gasteiger partial charge < -0.3 is 5.73 Å². The highest BCUT2D eigenvalue weighted by Crippen LogP contribution is 2.29. The lowest BCUT2D eigenvalue weighted by atomic mass is 9.86. The molecule has 0 aliphatic heterocycles. The van der Waals surface area contributed by atoms with Crippen LogP contribution in [0.1, 0.15) is 42.5 Å². The van der Waals surface area contributed by atoms with Crippen LogP contribution in [0.3, 0.4) is 0 Å². The van der Waals surface area contributed by atoms with E-state index in [2.05, 4.69) is 23.3 Å². The van der Waals surface area contributed by atoms with E-state index in [1.54, 1.807) is 4.68 Å². The average Bonchev–Trinajstić information content (AvgIpc) is 2.76. The lowest BCUT2D eigenvalue weighted by Gasteiger charge is -2.23. The Morgan fingerprint density at radius 3 is 2.84 bits per heavy atom. The van der Waals surface area contributed by atoms with Crippen LogP contribution >= 0.6 is 0 Å². The predicted octanol–water partition coefficient (Wildman–Crippen LogP) is 2.25. The summed E-state index contributed by atoms with van der Waals surface area (Å²) >= 11 is 0. The van der Waals surface area contributed by atoms with Crippen molar-refractivity contribution in [3.05, 3.63) is 51.3 Å². The Balaban J connectivity index is 2.07. The van der Waals surface area contributed by atoms with Gasteiger partial charge in [-0.05, 0) is 49.3 Å². The van der Waals surface area contributed by atoms with Gasteiger partial charge in [0.25, 0.3) is 5.56 Å². The number of H-pyrrole nitrogens is 1. The number of nitrogens with one attached hydrogen (secondary N) is 1. The lowest BCUT2D eigenvalue weighted by Crippen LogP contribution is -2.22. The summed E-state index contributed by atoms with van der Waals surface area (Å²) in [5, 5.41) is 2.93. The number of nitrogen functional groups attached to an aromatic ring is 1. The predicted molar refractivity (Wildman–Crippen MR) is 76.4 cm³/mol. The van der Waals surface area contributed by atoms with Crippen molar-refractivity contribution < 1.29 is 0 Å². The van der Waals surface area contributed by atoms with Crippen molar-refractivity contribution in [1.82, 2.24) is 9.78 Å². The van der Waals surface area contributed by atoms with Gasteiger partial charge in [-0.2, -0.15) is 0 Å². The number of fused-ring (bicyclic) bond motifs is 1. The molecule has 19 heavy (non-hydrogen) atoms. The van der Waals surface area contributed by atoms with E-state index >= 15 is 0 Å². The highest BCUT2D eigenvalue weighted by Gasteiger charge is 2.19. The number of benzene rings is 1. The van der Waals surface area contributed by atoms with E-state index in [0.717, 1.165) is 12.8 Å². The molecule has 0 bridgehead atoms. The maximum Gasteiger partial charge on any atom is 0.269 e. The summed E-state index contributed by atoms with van der Waals surface area (Å²) in [6.45, 7) is 2.04. The van der Waals surface area contributed by atoms with Crippen molar-refractivity contribution >= 4 is 5.82 Å². The number of anilines is 1. The largest absolute Gasteiger partial charge is 0.384 e. The number of hydrogen-bond donors (Lipinski definition) is 2. The summed E-state index contributed by atoms with van der Waals surface area (Å²) in [4.78, 5) is 11.9. The summed E-state index contributed by atoms with van der Waals surface area (Å²) in [5.74, 6) is 0.418. The molecule has 0 amide bonds. The van der Waals surface area contributed by atoms with Crippen molar-refractivity contribution in [3.8, 4) is 0 Å². The Kier molecular flexibility index (Phi) is 2.93. The molecule has 2 aromatic rings. The third-order valence-electron chi connectivity index (χ3n) is 4.04. The summed E-state index contributed by atoms with van der Waals surface area (Å²) in [6.07, 6.45) is 4.76. The van der Waals surface area contributed by atoms with Gasteiger partial charge in [-0.15, -0.1) is 0 Å². The molecule has 1 aliphatic carbocycles. The molecule has 1 heterocycles. The first-order valence-electron chi connectivity index (χ1n) is 6.84. The molecule has 1 aliphatic rings. The minimum absolute atomic E-state index is 0.00199. The zero-order valence-corrected chi connectivity index (χ0v) is 11.1. The fraction of sp³-hybridized carbons (Fsp3) is 0.400. The first-order valence-corrected chi connectivity index (χ1v) is 6.84. The molecule has 1 aromatic carbocycles. The van der Waals surface area contributed by atoms with Crippen LogP contribution in [-0.2, 0) is 12.8 Å². The molecule has 100 valence electrons. The van der Waals surface area contributed by atoms with E-state index in [-0.39, 0.29) is 11.6 Å². The second-order valence-corrected chi connectivity index (χ2v) is 5.29. The van der Waals surface area contributed by atoms with Crippen LogP contribution in [0.25, 0.3) is 0 Å². The maximum absolute atomic E-state index is 11.9. The zero-order valence-electron chi connectivity index (χ0n) is 11.1. The van der Waals surface area contributed by atoms with Gasteiger partial charge in [-0.1, -0.05) is 18.2 Å². The smallest absolute Gasteiger partial charge is 0.269 e. The van der Waals surface area contributed by atoms with Crippen molar-refractivity contribution in [2.24, 2.45) is 0 Å². The molecule has 0 fully saturated rings. The van der Waals surface area contributed by atoms with Gasteiger partial charge >= 0.3 is 0 Å². The van der Waals surface area contributed by atoms with Crippen LogP contribution in [0.4, 0.5) is 5.82 Å². The maximum atomic E-state index is 11.9. The van der Waals surface area contributed by atoms with Crippen LogP contribution in [0, 0.1) is 0 Å². The highest BCUT2D eigenvalue weighted by atomic mass is 16.1. The fourth-order valence-corrected chi connectivity index (χ4v) is 3.06. The second-order valence-electron chi connectivity index (χ2n) is 5.29. The highest BCUT2D eigenvalue weighted by molar-refractivity contribution is 5.39. The van der Waals surface area contributed by atoms with Crippen molar-refractivity contribution in [2.45, 2.75) is 38.6 Å². The Hall–Kier alpha value is -1.97. The molecule has 4 nitrogen and oxygen atoms in total. The van der Waals surface area contributed by atoms with Gasteiger partial charge in [0, 0.05) is 6.07 Å². The third-order valence-corrected chi connectivity index (χ3v) is 4.04. The summed E-state index contributed by atoms with van der Waals surface area (Å²) < 4.78 is 1.61. The number of rotatable bonds is 2. The van der Waals surface area contributed by atoms with E-state index in [0.29, 0.717) is 5.82 Å². The van der Waals surface area contributed by atoms with Crippen molar-refractivity contribution in [1.29, 1.82) is 0 Å². The summed E-state index contributed by atoms with van der Waals surface area (Å²) in [5.41, 5.74) is 9.67. The molecule has 3 N–H and O–H groups in total. The van der Waals surface area contributed by atoms with Gasteiger partial charge in [0.1, 0.15) is 5.82 Å². The van der Waals surface area contributed by atoms with E-state index in [4.69, 9.17) is 5.73 Å². The molecular formula is C15H19N3O. The summed E-state index contributed by atoms with van der Waals surface area (Å²) in [7, 11) is 0. The Labute approximate surface area is 112 Å². The Bertz CT molecular complexity index is 654. The quantitative estimate of drug-likeness (QED) is 0.866. The molecule has 0 saturated carbocycles. The number of nitrogens with zero attached hydrogens (tertiary/aromatic N) is 1.